The lowest BCUT2D eigenvalue weighted by Gasteiger charge is -2.34. The van der Waals surface area contributed by atoms with Crippen molar-refractivity contribution in [1.82, 2.24) is 10.2 Å². The molecule has 0 radical (unpaired) electrons. The summed E-state index contributed by atoms with van der Waals surface area (Å²) in [6.07, 6.45) is 3.94. The smallest absolute Gasteiger partial charge is 0.410 e. The largest absolute Gasteiger partial charge is 0.444 e. The van der Waals surface area contributed by atoms with E-state index in [4.69, 9.17) is 4.74 Å². The van der Waals surface area contributed by atoms with Gasteiger partial charge in [-0.1, -0.05) is 0 Å². The molecule has 2 aliphatic heterocycles. The molecule has 2 rings (SSSR count). The molecule has 1 amide bonds. The van der Waals surface area contributed by atoms with Gasteiger partial charge in [-0.15, -0.1) is 0 Å². The molecule has 0 spiro atoms. The summed E-state index contributed by atoms with van der Waals surface area (Å²) < 4.78 is 16.8. The molecule has 1 N–H and O–H groups in total. The van der Waals surface area contributed by atoms with E-state index in [1.54, 1.807) is 0 Å². The lowest BCUT2D eigenvalue weighted by molar-refractivity contribution is 0.0183. The Morgan fingerprint density at radius 3 is 2.32 bits per heavy atom. The van der Waals surface area contributed by atoms with E-state index in [2.05, 4.69) is 5.32 Å². The molecule has 2 fully saturated rings. The van der Waals surface area contributed by atoms with Crippen LogP contribution in [0.25, 0.3) is 0 Å². The number of nitrogens with one attached hydrogen (secondary N) is 1. The monoisotopic (exact) mass is 330 g/mol. The van der Waals surface area contributed by atoms with Crippen molar-refractivity contribution in [3.8, 4) is 0 Å². The summed E-state index contributed by atoms with van der Waals surface area (Å²) in [6.45, 7) is 8.29. The normalized spacial score (nSPS) is 27.7. The molecule has 0 atom stereocenters. The third-order valence-electron chi connectivity index (χ3n) is 4.35. The van der Waals surface area contributed by atoms with Crippen LogP contribution in [-0.4, -0.2) is 58.0 Å². The summed E-state index contributed by atoms with van der Waals surface area (Å²) in [5, 5.41) is 3.63. The van der Waals surface area contributed by atoms with E-state index in [0.29, 0.717) is 12.0 Å². The second-order valence-electron chi connectivity index (χ2n) is 7.44. The van der Waals surface area contributed by atoms with Crippen LogP contribution in [0.3, 0.4) is 0 Å². The zero-order valence-electron chi connectivity index (χ0n) is 14.1. The van der Waals surface area contributed by atoms with Gasteiger partial charge in [-0.2, -0.15) is 0 Å². The minimum Gasteiger partial charge on any atom is -0.444 e. The highest BCUT2D eigenvalue weighted by Crippen LogP contribution is 2.20. The quantitative estimate of drug-likeness (QED) is 0.861. The first kappa shape index (κ1) is 17.7. The summed E-state index contributed by atoms with van der Waals surface area (Å²) in [6, 6.07) is 0.529. The van der Waals surface area contributed by atoms with Crippen LogP contribution < -0.4 is 5.32 Å². The Hall–Kier alpha value is -0.620. The van der Waals surface area contributed by atoms with Crippen LogP contribution in [0.4, 0.5) is 4.79 Å². The zero-order chi connectivity index (χ0) is 16.2. The molecule has 2 heterocycles. The summed E-state index contributed by atoms with van der Waals surface area (Å²) in [4.78, 5) is 13.8. The van der Waals surface area contributed by atoms with Crippen LogP contribution in [0.2, 0.25) is 0 Å². The fraction of sp³-hybridized carbons (Fsp3) is 0.938. The van der Waals surface area contributed by atoms with Crippen LogP contribution in [-0.2, 0) is 15.5 Å². The van der Waals surface area contributed by atoms with Crippen LogP contribution in [0.15, 0.2) is 0 Å². The van der Waals surface area contributed by atoms with E-state index in [1.165, 1.54) is 0 Å². The second kappa shape index (κ2) is 7.77. The molecule has 0 aromatic carbocycles. The van der Waals surface area contributed by atoms with Gasteiger partial charge in [0.05, 0.1) is 0 Å². The van der Waals surface area contributed by atoms with Crippen molar-refractivity contribution in [3.63, 3.8) is 0 Å². The zero-order valence-corrected chi connectivity index (χ0v) is 14.9. The molecule has 0 aliphatic carbocycles. The van der Waals surface area contributed by atoms with Gasteiger partial charge in [0.1, 0.15) is 5.60 Å². The third-order valence-corrected chi connectivity index (χ3v) is 5.73. The molecule has 0 aromatic rings. The van der Waals surface area contributed by atoms with Crippen LogP contribution in [0, 0.1) is 5.92 Å². The number of likely N-dealkylation sites (tertiary alicyclic amines) is 1. The number of rotatable bonds is 3. The number of nitrogens with zero attached hydrogens (tertiary/aromatic N) is 1. The Morgan fingerprint density at radius 2 is 1.77 bits per heavy atom. The SMILES string of the molecule is CC(C)(C)OC(=O)N1CCC(CNC2CCS(=O)CC2)CC1. The molecule has 2 aliphatic rings. The van der Waals surface area contributed by atoms with Crippen LogP contribution >= 0.6 is 0 Å². The van der Waals surface area contributed by atoms with Gasteiger partial charge in [-0.25, -0.2) is 4.79 Å². The van der Waals surface area contributed by atoms with Gasteiger partial charge >= 0.3 is 6.09 Å². The van der Waals surface area contributed by atoms with Crippen molar-refractivity contribution in [2.45, 2.75) is 58.1 Å². The number of hydrogen-bond acceptors (Lipinski definition) is 4. The maximum atomic E-state index is 12.0. The van der Waals surface area contributed by atoms with Gasteiger partial charge in [-0.05, 0) is 58.9 Å². The lowest BCUT2D eigenvalue weighted by Crippen LogP contribution is -2.45. The fourth-order valence-corrected chi connectivity index (χ4v) is 4.28. The summed E-state index contributed by atoms with van der Waals surface area (Å²) in [5.41, 5.74) is -0.420. The summed E-state index contributed by atoms with van der Waals surface area (Å²) in [5.74, 6) is 2.31. The minimum atomic E-state index is -0.586. The Labute approximate surface area is 136 Å². The van der Waals surface area contributed by atoms with E-state index in [1.807, 2.05) is 25.7 Å². The van der Waals surface area contributed by atoms with Crippen molar-refractivity contribution in [2.75, 3.05) is 31.1 Å². The van der Waals surface area contributed by atoms with Crippen LogP contribution in [0.5, 0.6) is 0 Å². The van der Waals surface area contributed by atoms with Gasteiger partial charge < -0.3 is 15.0 Å². The molecule has 0 bridgehead atoms. The Kier molecular flexibility index (Phi) is 6.26. The van der Waals surface area contributed by atoms with Crippen LogP contribution in [0.1, 0.15) is 46.5 Å². The van der Waals surface area contributed by atoms with Crippen molar-refractivity contribution >= 4 is 16.9 Å². The fourth-order valence-electron chi connectivity index (χ4n) is 2.98. The maximum Gasteiger partial charge on any atom is 0.410 e. The van der Waals surface area contributed by atoms with E-state index in [-0.39, 0.29) is 6.09 Å². The van der Waals surface area contributed by atoms with E-state index < -0.39 is 16.4 Å². The average molecular weight is 330 g/mol. The van der Waals surface area contributed by atoms with E-state index in [9.17, 15) is 9.00 Å². The molecule has 0 saturated carbocycles. The molecule has 128 valence electrons. The van der Waals surface area contributed by atoms with Crippen molar-refractivity contribution < 1.29 is 13.7 Å². The molecule has 5 nitrogen and oxygen atoms in total. The van der Waals surface area contributed by atoms with Gasteiger partial charge in [0.2, 0.25) is 0 Å². The Bertz CT molecular complexity index is 391. The number of carbonyl (C=O) groups excluding carboxylic acids is 1. The van der Waals surface area contributed by atoms with Gasteiger partial charge in [-0.3, -0.25) is 4.21 Å². The van der Waals surface area contributed by atoms with Gasteiger partial charge in [0.25, 0.3) is 0 Å². The highest BCUT2D eigenvalue weighted by molar-refractivity contribution is 7.85. The highest BCUT2D eigenvalue weighted by Gasteiger charge is 2.27. The average Bonchev–Trinajstić information content (AvgIpc) is 2.45. The topological polar surface area (TPSA) is 58.6 Å². The number of ether oxygens (including phenoxy) is 1. The molecule has 22 heavy (non-hydrogen) atoms. The van der Waals surface area contributed by atoms with Crippen molar-refractivity contribution in [3.05, 3.63) is 0 Å². The summed E-state index contributed by atoms with van der Waals surface area (Å²) >= 11 is 0. The molecule has 6 heteroatoms. The van der Waals surface area contributed by atoms with E-state index >= 15 is 0 Å². The second-order valence-corrected chi connectivity index (χ2v) is 9.14. The molecule has 0 unspecified atom stereocenters. The number of piperidine rings is 1. The van der Waals surface area contributed by atoms with Crippen molar-refractivity contribution in [2.24, 2.45) is 5.92 Å². The first-order valence-electron chi connectivity index (χ1n) is 8.40. The molecular formula is C16H30N2O3S. The van der Waals surface area contributed by atoms with Crippen molar-refractivity contribution in [1.29, 1.82) is 0 Å². The molecule has 0 aromatic heterocycles. The standard InChI is InChI=1S/C16H30N2O3S/c1-16(2,3)21-15(19)18-8-4-13(5-9-18)12-17-14-6-10-22(20)11-7-14/h13-14,17H,4-12H2,1-3H3. The Morgan fingerprint density at radius 1 is 1.18 bits per heavy atom. The number of carbonyl (C=O) groups is 1. The third kappa shape index (κ3) is 5.88. The summed E-state index contributed by atoms with van der Waals surface area (Å²) in [7, 11) is -0.586. The van der Waals surface area contributed by atoms with Gasteiger partial charge in [0.15, 0.2) is 0 Å². The minimum absolute atomic E-state index is 0.186. The Balaban J connectivity index is 1.65. The predicted molar refractivity (Wildman–Crippen MR) is 89.4 cm³/mol. The maximum absolute atomic E-state index is 12.0. The lowest BCUT2D eigenvalue weighted by atomic mass is 9.96. The first-order valence-corrected chi connectivity index (χ1v) is 9.88. The van der Waals surface area contributed by atoms with Gasteiger partial charge in [0, 0.05) is 41.4 Å². The highest BCUT2D eigenvalue weighted by atomic mass is 32.2. The molecule has 2 saturated heterocycles. The first-order chi connectivity index (χ1) is 10.3. The number of hydrogen-bond donors (Lipinski definition) is 1. The predicted octanol–water partition coefficient (Wildman–Crippen LogP) is 2.13. The van der Waals surface area contributed by atoms with E-state index in [0.717, 1.165) is 56.8 Å². The number of amides is 1. The molecular weight excluding hydrogens is 300 g/mol.